The highest BCUT2D eigenvalue weighted by molar-refractivity contribution is 5.62. The molecule has 0 bridgehead atoms. The molecule has 1 fully saturated rings. The molecule has 0 amide bonds. The van der Waals surface area contributed by atoms with Crippen molar-refractivity contribution >= 4 is 12.0 Å². The van der Waals surface area contributed by atoms with Crippen molar-refractivity contribution in [3.05, 3.63) is 29.8 Å². The summed E-state index contributed by atoms with van der Waals surface area (Å²) in [5, 5.41) is 0. The van der Waals surface area contributed by atoms with Crippen LogP contribution in [0.3, 0.4) is 0 Å². The summed E-state index contributed by atoms with van der Waals surface area (Å²) in [6.45, 7) is 8.39. The van der Waals surface area contributed by atoms with Gasteiger partial charge in [0, 0.05) is 24.2 Å². The Labute approximate surface area is 123 Å². The van der Waals surface area contributed by atoms with Crippen molar-refractivity contribution in [3.8, 4) is 0 Å². The van der Waals surface area contributed by atoms with Crippen LogP contribution in [0.25, 0.3) is 0 Å². The van der Waals surface area contributed by atoms with Gasteiger partial charge in [0.15, 0.2) is 0 Å². The first-order valence-electron chi connectivity index (χ1n) is 7.86. The fourth-order valence-corrected chi connectivity index (χ4v) is 3.17. The van der Waals surface area contributed by atoms with Gasteiger partial charge in [0.2, 0.25) is 0 Å². The number of benzene rings is 1. The van der Waals surface area contributed by atoms with Crippen LogP contribution in [0.5, 0.6) is 0 Å². The smallest absolute Gasteiger partial charge is 0.127 e. The highest BCUT2D eigenvalue weighted by atomic mass is 16.1. The predicted molar refractivity (Wildman–Crippen MR) is 85.2 cm³/mol. The number of nitrogens with zero attached hydrogens (tertiary/aromatic N) is 1. The normalized spacial score (nSPS) is 26.2. The summed E-state index contributed by atoms with van der Waals surface area (Å²) in [5.41, 5.74) is 2.38. The monoisotopic (exact) mass is 273 g/mol. The summed E-state index contributed by atoms with van der Waals surface area (Å²) < 4.78 is 0. The summed E-state index contributed by atoms with van der Waals surface area (Å²) in [7, 11) is 0. The highest BCUT2D eigenvalue weighted by Gasteiger charge is 2.35. The van der Waals surface area contributed by atoms with E-state index in [9.17, 15) is 4.79 Å². The van der Waals surface area contributed by atoms with E-state index >= 15 is 0 Å². The summed E-state index contributed by atoms with van der Waals surface area (Å²) in [4.78, 5) is 14.0. The predicted octanol–water partition coefficient (Wildman–Crippen LogP) is 4.22. The Morgan fingerprint density at radius 1 is 1.25 bits per heavy atom. The average molecular weight is 273 g/mol. The average Bonchev–Trinajstić information content (AvgIpc) is 2.48. The van der Waals surface area contributed by atoms with Crippen LogP contribution < -0.4 is 4.90 Å². The Hall–Kier alpha value is -1.31. The van der Waals surface area contributed by atoms with Gasteiger partial charge in [0.25, 0.3) is 0 Å². The lowest BCUT2D eigenvalue weighted by Crippen LogP contribution is -2.41. The minimum absolute atomic E-state index is 0.132. The topological polar surface area (TPSA) is 20.3 Å². The first-order chi connectivity index (χ1) is 9.58. The molecule has 1 aliphatic rings. The molecule has 1 aliphatic carbocycles. The summed E-state index contributed by atoms with van der Waals surface area (Å²) in [6.07, 6.45) is 5.68. The molecule has 0 spiro atoms. The van der Waals surface area contributed by atoms with Gasteiger partial charge in [-0.15, -0.1) is 0 Å². The summed E-state index contributed by atoms with van der Waals surface area (Å²) in [5.74, 6) is 0.775. The van der Waals surface area contributed by atoms with Crippen LogP contribution in [0.15, 0.2) is 24.3 Å². The maximum atomic E-state index is 11.7. The van der Waals surface area contributed by atoms with Crippen molar-refractivity contribution in [3.63, 3.8) is 0 Å². The molecule has 0 radical (unpaired) electrons. The van der Waals surface area contributed by atoms with E-state index in [-0.39, 0.29) is 5.41 Å². The van der Waals surface area contributed by atoms with E-state index in [1.54, 1.807) is 0 Å². The van der Waals surface area contributed by atoms with Gasteiger partial charge in [-0.2, -0.15) is 0 Å². The van der Waals surface area contributed by atoms with Gasteiger partial charge < -0.3 is 9.69 Å². The lowest BCUT2D eigenvalue weighted by molar-refractivity contribution is -0.117. The molecule has 2 heteroatoms. The van der Waals surface area contributed by atoms with Gasteiger partial charge in [0.05, 0.1) is 0 Å². The van der Waals surface area contributed by atoms with E-state index in [0.29, 0.717) is 0 Å². The Morgan fingerprint density at radius 2 is 1.85 bits per heavy atom. The Kier molecular flexibility index (Phi) is 4.85. The van der Waals surface area contributed by atoms with Gasteiger partial charge in [0.1, 0.15) is 6.29 Å². The van der Waals surface area contributed by atoms with Crippen molar-refractivity contribution < 1.29 is 4.79 Å². The second-order valence-electron chi connectivity index (χ2n) is 6.51. The zero-order chi connectivity index (χ0) is 14.6. The molecule has 0 atom stereocenters. The number of hydrogen-bond donors (Lipinski definition) is 0. The molecule has 0 aromatic heterocycles. The maximum absolute atomic E-state index is 11.7. The molecule has 0 heterocycles. The van der Waals surface area contributed by atoms with Crippen molar-refractivity contribution in [2.24, 2.45) is 11.3 Å². The SMILES string of the molecule is CCN(CC1(C=O)CCC(C)CC1)c1ccc(C)cc1. The van der Waals surface area contributed by atoms with Crippen LogP contribution in [0, 0.1) is 18.3 Å². The molecule has 110 valence electrons. The van der Waals surface area contributed by atoms with Crippen molar-refractivity contribution in [2.75, 3.05) is 18.0 Å². The quantitative estimate of drug-likeness (QED) is 0.749. The highest BCUT2D eigenvalue weighted by Crippen LogP contribution is 2.38. The van der Waals surface area contributed by atoms with Crippen LogP contribution in [0.1, 0.15) is 45.1 Å². The molecule has 2 rings (SSSR count). The van der Waals surface area contributed by atoms with Crippen molar-refractivity contribution in [2.45, 2.75) is 46.5 Å². The third-order valence-electron chi connectivity index (χ3n) is 4.81. The second kappa shape index (κ2) is 6.43. The minimum atomic E-state index is -0.132. The molecule has 0 aliphatic heterocycles. The minimum Gasteiger partial charge on any atom is -0.371 e. The van der Waals surface area contributed by atoms with E-state index in [1.165, 1.54) is 30.4 Å². The lowest BCUT2D eigenvalue weighted by atomic mass is 9.71. The largest absolute Gasteiger partial charge is 0.371 e. The second-order valence-corrected chi connectivity index (χ2v) is 6.51. The molecule has 1 saturated carbocycles. The first-order valence-corrected chi connectivity index (χ1v) is 7.86. The Balaban J connectivity index is 2.11. The van der Waals surface area contributed by atoms with E-state index in [2.05, 4.69) is 49.9 Å². The van der Waals surface area contributed by atoms with Crippen LogP contribution in [0.2, 0.25) is 0 Å². The summed E-state index contributed by atoms with van der Waals surface area (Å²) >= 11 is 0. The van der Waals surface area contributed by atoms with E-state index in [1.807, 2.05) is 0 Å². The fraction of sp³-hybridized carbons (Fsp3) is 0.611. The number of anilines is 1. The van der Waals surface area contributed by atoms with E-state index in [4.69, 9.17) is 0 Å². The zero-order valence-electron chi connectivity index (χ0n) is 13.1. The number of aryl methyl sites for hydroxylation is 1. The zero-order valence-corrected chi connectivity index (χ0v) is 13.1. The molecule has 2 nitrogen and oxygen atoms in total. The number of carbonyl (C=O) groups excluding carboxylic acids is 1. The van der Waals surface area contributed by atoms with Crippen LogP contribution in [0.4, 0.5) is 5.69 Å². The molecule has 1 aromatic carbocycles. The van der Waals surface area contributed by atoms with Crippen molar-refractivity contribution in [1.29, 1.82) is 0 Å². The van der Waals surface area contributed by atoms with E-state index in [0.717, 1.165) is 31.8 Å². The number of aldehydes is 1. The Bertz CT molecular complexity index is 429. The lowest BCUT2D eigenvalue weighted by Gasteiger charge is -2.39. The fourth-order valence-electron chi connectivity index (χ4n) is 3.17. The third kappa shape index (κ3) is 3.41. The third-order valence-corrected chi connectivity index (χ3v) is 4.81. The van der Waals surface area contributed by atoms with Crippen LogP contribution in [-0.4, -0.2) is 19.4 Å². The molecule has 0 saturated heterocycles. The number of rotatable bonds is 5. The molecular formula is C18H27NO. The molecule has 20 heavy (non-hydrogen) atoms. The maximum Gasteiger partial charge on any atom is 0.127 e. The van der Waals surface area contributed by atoms with Crippen LogP contribution in [-0.2, 0) is 4.79 Å². The standard InChI is InChI=1S/C18H27NO/c1-4-19(17-7-5-15(2)6-8-17)13-18(14-20)11-9-16(3)10-12-18/h5-8,14,16H,4,9-13H2,1-3H3. The molecule has 1 aromatic rings. The molecular weight excluding hydrogens is 246 g/mol. The van der Waals surface area contributed by atoms with Gasteiger partial charge in [-0.25, -0.2) is 0 Å². The van der Waals surface area contributed by atoms with Crippen LogP contribution >= 0.6 is 0 Å². The summed E-state index contributed by atoms with van der Waals surface area (Å²) in [6, 6.07) is 8.63. The van der Waals surface area contributed by atoms with Crippen molar-refractivity contribution in [1.82, 2.24) is 0 Å². The number of carbonyl (C=O) groups is 1. The first kappa shape index (κ1) is 15.1. The van der Waals surface area contributed by atoms with Gasteiger partial charge >= 0.3 is 0 Å². The number of hydrogen-bond acceptors (Lipinski definition) is 2. The van der Waals surface area contributed by atoms with Gasteiger partial charge in [-0.1, -0.05) is 24.6 Å². The van der Waals surface area contributed by atoms with E-state index < -0.39 is 0 Å². The van der Waals surface area contributed by atoms with Gasteiger partial charge in [-0.3, -0.25) is 0 Å². The molecule has 0 unspecified atom stereocenters. The molecule has 0 N–H and O–H groups in total. The Morgan fingerprint density at radius 3 is 2.35 bits per heavy atom. The van der Waals surface area contributed by atoms with Gasteiger partial charge in [-0.05, 0) is 57.6 Å².